The highest BCUT2D eigenvalue weighted by molar-refractivity contribution is 5.70. The van der Waals surface area contributed by atoms with Crippen molar-refractivity contribution >= 4 is 0 Å². The molecule has 0 saturated carbocycles. The van der Waals surface area contributed by atoms with Crippen LogP contribution in [0.5, 0.6) is 5.75 Å². The predicted octanol–water partition coefficient (Wildman–Crippen LogP) is 3.36. The Kier molecular flexibility index (Phi) is 4.06. The van der Waals surface area contributed by atoms with Crippen molar-refractivity contribution in [3.63, 3.8) is 0 Å². The van der Waals surface area contributed by atoms with E-state index in [4.69, 9.17) is 0 Å². The molecule has 0 aliphatic heterocycles. The number of aromatic amines is 1. The predicted molar refractivity (Wildman–Crippen MR) is 72.6 cm³/mol. The maximum Gasteiger partial charge on any atom is 0.260 e. The zero-order chi connectivity index (χ0) is 15.7. The molecule has 0 aliphatic rings. The largest absolute Gasteiger partial charge is 0.507 e. The number of hydrogen-bond donors (Lipinski definition) is 2. The number of pyridine rings is 1. The van der Waals surface area contributed by atoms with Crippen LogP contribution in [0, 0.1) is 23.4 Å². The van der Waals surface area contributed by atoms with Crippen molar-refractivity contribution in [2.45, 2.75) is 20.3 Å². The van der Waals surface area contributed by atoms with Crippen LogP contribution in [0.1, 0.15) is 19.5 Å². The lowest BCUT2D eigenvalue weighted by Gasteiger charge is -2.10. The Morgan fingerprint density at radius 3 is 2.14 bits per heavy atom. The highest BCUT2D eigenvalue weighted by Gasteiger charge is 2.20. The fourth-order valence-electron chi connectivity index (χ4n) is 2.17. The first-order chi connectivity index (χ1) is 9.79. The maximum atomic E-state index is 13.7. The SMILES string of the molecule is CC(C)Cc1cc(O)c(-c2c(F)cc(F)cc2F)c(=O)[nH]1. The Morgan fingerprint density at radius 1 is 1.10 bits per heavy atom. The van der Waals surface area contributed by atoms with Crippen molar-refractivity contribution in [1.82, 2.24) is 4.98 Å². The van der Waals surface area contributed by atoms with Crippen molar-refractivity contribution in [2.75, 3.05) is 0 Å². The van der Waals surface area contributed by atoms with Gasteiger partial charge in [-0.25, -0.2) is 13.2 Å². The molecule has 6 heteroatoms. The first-order valence-electron chi connectivity index (χ1n) is 6.39. The molecule has 0 aliphatic carbocycles. The van der Waals surface area contributed by atoms with Crippen molar-refractivity contribution in [3.8, 4) is 16.9 Å². The Bertz CT molecular complexity index is 715. The minimum atomic E-state index is -1.25. The van der Waals surface area contributed by atoms with E-state index in [-0.39, 0.29) is 5.92 Å². The number of hydrogen-bond acceptors (Lipinski definition) is 2. The summed E-state index contributed by atoms with van der Waals surface area (Å²) in [6, 6.07) is 2.16. The summed E-state index contributed by atoms with van der Waals surface area (Å²) in [4.78, 5) is 14.5. The number of aromatic nitrogens is 1. The molecule has 1 heterocycles. The van der Waals surface area contributed by atoms with Gasteiger partial charge < -0.3 is 10.1 Å². The number of halogens is 3. The maximum absolute atomic E-state index is 13.7. The van der Waals surface area contributed by atoms with Gasteiger partial charge in [0.15, 0.2) is 0 Å². The number of aromatic hydroxyl groups is 1. The lowest BCUT2D eigenvalue weighted by molar-refractivity contribution is 0.471. The van der Waals surface area contributed by atoms with Gasteiger partial charge >= 0.3 is 0 Å². The third-order valence-corrected chi connectivity index (χ3v) is 2.95. The fourth-order valence-corrected chi connectivity index (χ4v) is 2.17. The van der Waals surface area contributed by atoms with Gasteiger partial charge in [0, 0.05) is 23.9 Å². The van der Waals surface area contributed by atoms with E-state index in [9.17, 15) is 23.1 Å². The molecule has 0 fully saturated rings. The number of nitrogens with one attached hydrogen (secondary N) is 1. The molecule has 1 aromatic heterocycles. The van der Waals surface area contributed by atoms with E-state index in [1.807, 2.05) is 13.8 Å². The van der Waals surface area contributed by atoms with Gasteiger partial charge in [0.05, 0.1) is 11.1 Å². The number of rotatable bonds is 3. The van der Waals surface area contributed by atoms with Crippen LogP contribution in [-0.2, 0) is 6.42 Å². The molecule has 0 radical (unpaired) electrons. The molecule has 0 amide bonds. The van der Waals surface area contributed by atoms with Crippen LogP contribution >= 0.6 is 0 Å². The molecular formula is C15H14F3NO2. The smallest absolute Gasteiger partial charge is 0.260 e. The third kappa shape index (κ3) is 3.09. The average Bonchev–Trinajstić information content (AvgIpc) is 2.30. The molecule has 0 unspecified atom stereocenters. The number of H-pyrrole nitrogens is 1. The highest BCUT2D eigenvalue weighted by Crippen LogP contribution is 2.31. The molecule has 1 aromatic carbocycles. The summed E-state index contributed by atoms with van der Waals surface area (Å²) >= 11 is 0. The summed E-state index contributed by atoms with van der Waals surface area (Å²) in [5.41, 5.74) is -1.65. The van der Waals surface area contributed by atoms with Crippen molar-refractivity contribution in [2.24, 2.45) is 5.92 Å². The van der Waals surface area contributed by atoms with Gasteiger partial charge in [-0.1, -0.05) is 13.8 Å². The molecule has 2 rings (SSSR count). The second-order valence-corrected chi connectivity index (χ2v) is 5.23. The van der Waals surface area contributed by atoms with Gasteiger partial charge in [-0.2, -0.15) is 0 Å². The summed E-state index contributed by atoms with van der Waals surface area (Å²) in [5, 5.41) is 9.91. The highest BCUT2D eigenvalue weighted by atomic mass is 19.1. The fraction of sp³-hybridized carbons (Fsp3) is 0.267. The topological polar surface area (TPSA) is 53.1 Å². The molecule has 2 aromatic rings. The minimum absolute atomic E-state index is 0.227. The lowest BCUT2D eigenvalue weighted by atomic mass is 10.0. The third-order valence-electron chi connectivity index (χ3n) is 2.95. The summed E-state index contributed by atoms with van der Waals surface area (Å²) < 4.78 is 40.4. The molecule has 21 heavy (non-hydrogen) atoms. The van der Waals surface area contributed by atoms with Crippen LogP contribution < -0.4 is 5.56 Å². The first-order valence-corrected chi connectivity index (χ1v) is 6.39. The van der Waals surface area contributed by atoms with Crippen molar-refractivity contribution in [1.29, 1.82) is 0 Å². The van der Waals surface area contributed by atoms with Gasteiger partial charge in [0.25, 0.3) is 5.56 Å². The van der Waals surface area contributed by atoms with Crippen LogP contribution in [0.2, 0.25) is 0 Å². The van der Waals surface area contributed by atoms with Crippen LogP contribution in [0.15, 0.2) is 23.0 Å². The van der Waals surface area contributed by atoms with Crippen LogP contribution in [0.25, 0.3) is 11.1 Å². The van der Waals surface area contributed by atoms with Crippen LogP contribution in [0.3, 0.4) is 0 Å². The van der Waals surface area contributed by atoms with E-state index in [1.165, 1.54) is 6.07 Å². The Labute approximate surface area is 119 Å². The number of benzene rings is 1. The second kappa shape index (κ2) is 5.63. The first kappa shape index (κ1) is 15.2. The van der Waals surface area contributed by atoms with Gasteiger partial charge in [-0.15, -0.1) is 0 Å². The van der Waals surface area contributed by atoms with Crippen molar-refractivity contribution < 1.29 is 18.3 Å². The van der Waals surface area contributed by atoms with E-state index < -0.39 is 39.9 Å². The van der Waals surface area contributed by atoms with Crippen LogP contribution in [-0.4, -0.2) is 10.1 Å². The van der Waals surface area contributed by atoms with Crippen molar-refractivity contribution in [3.05, 3.63) is 51.7 Å². The van der Waals surface area contributed by atoms with E-state index in [1.54, 1.807) is 0 Å². The quantitative estimate of drug-likeness (QED) is 0.912. The average molecular weight is 297 g/mol. The van der Waals surface area contributed by atoms with E-state index >= 15 is 0 Å². The zero-order valence-corrected chi connectivity index (χ0v) is 11.5. The Morgan fingerprint density at radius 2 is 1.67 bits per heavy atom. The monoisotopic (exact) mass is 297 g/mol. The molecule has 3 nitrogen and oxygen atoms in total. The second-order valence-electron chi connectivity index (χ2n) is 5.23. The van der Waals surface area contributed by atoms with Gasteiger partial charge in [0.1, 0.15) is 23.2 Å². The van der Waals surface area contributed by atoms with E-state index in [2.05, 4.69) is 4.98 Å². The summed E-state index contributed by atoms with van der Waals surface area (Å²) in [7, 11) is 0. The molecule has 0 spiro atoms. The Balaban J connectivity index is 2.64. The molecular weight excluding hydrogens is 283 g/mol. The molecule has 112 valence electrons. The van der Waals surface area contributed by atoms with Gasteiger partial charge in [-0.05, 0) is 12.3 Å². The van der Waals surface area contributed by atoms with Gasteiger partial charge in [-0.3, -0.25) is 4.79 Å². The summed E-state index contributed by atoms with van der Waals surface area (Å²) in [5.74, 6) is -3.90. The molecule has 0 atom stereocenters. The van der Waals surface area contributed by atoms with Gasteiger partial charge in [0.2, 0.25) is 0 Å². The minimum Gasteiger partial charge on any atom is -0.507 e. The summed E-state index contributed by atoms with van der Waals surface area (Å²) in [6.07, 6.45) is 0.497. The molecule has 0 saturated heterocycles. The molecule has 0 bridgehead atoms. The van der Waals surface area contributed by atoms with E-state index in [0.29, 0.717) is 24.2 Å². The lowest BCUT2D eigenvalue weighted by Crippen LogP contribution is -2.14. The summed E-state index contributed by atoms with van der Waals surface area (Å²) in [6.45, 7) is 3.84. The standard InChI is InChI=1S/C15H14F3NO2/c1-7(2)3-9-6-12(20)14(15(21)19-9)13-10(17)4-8(16)5-11(13)18/h4-7H,3H2,1-2H3,(H2,19,20,21). The molecule has 2 N–H and O–H groups in total. The Hall–Kier alpha value is -2.24. The normalized spacial score (nSPS) is 11.1. The zero-order valence-electron chi connectivity index (χ0n) is 11.5. The van der Waals surface area contributed by atoms with E-state index in [0.717, 1.165) is 0 Å². The van der Waals surface area contributed by atoms with Crippen LogP contribution in [0.4, 0.5) is 13.2 Å².